The van der Waals surface area contributed by atoms with Gasteiger partial charge < -0.3 is 5.11 Å². The van der Waals surface area contributed by atoms with Crippen LogP contribution in [0.1, 0.15) is 49.2 Å². The molecule has 0 bridgehead atoms. The molecule has 1 fully saturated rings. The van der Waals surface area contributed by atoms with E-state index in [0.717, 1.165) is 5.57 Å². The van der Waals surface area contributed by atoms with E-state index in [9.17, 15) is 27.6 Å². The second-order valence-electron chi connectivity index (χ2n) is 9.12. The van der Waals surface area contributed by atoms with E-state index in [1.165, 1.54) is 23.0 Å². The van der Waals surface area contributed by atoms with Crippen molar-refractivity contribution < 1.29 is 22.3 Å². The van der Waals surface area contributed by atoms with Gasteiger partial charge in [0, 0.05) is 5.39 Å². The van der Waals surface area contributed by atoms with Crippen molar-refractivity contribution in [1.29, 1.82) is 5.26 Å². The van der Waals surface area contributed by atoms with E-state index in [-0.39, 0.29) is 10.0 Å². The fraction of sp³-hybridized carbons (Fsp3) is 0.348. The molecule has 1 atom stereocenters. The Balaban J connectivity index is 1.60. The van der Waals surface area contributed by atoms with Gasteiger partial charge in [-0.2, -0.15) is 9.98 Å². The number of aliphatic hydroxyl groups is 1. The van der Waals surface area contributed by atoms with Crippen molar-refractivity contribution in [2.24, 2.45) is 0 Å². The molecule has 2 aliphatic rings. The number of nitrogens with one attached hydrogen (secondary N) is 1. The van der Waals surface area contributed by atoms with Gasteiger partial charge in [0.25, 0.3) is 6.43 Å². The molecule has 2 N–H and O–H groups in total. The molecule has 0 saturated heterocycles. The van der Waals surface area contributed by atoms with Crippen LogP contribution < -0.4 is 4.72 Å². The number of nitrogens with zero attached hydrogens (tertiary/aromatic N) is 6. The molecule has 37 heavy (non-hydrogen) atoms. The average molecular weight is 544 g/mol. The Morgan fingerprint density at radius 2 is 2.08 bits per heavy atom. The van der Waals surface area contributed by atoms with Crippen molar-refractivity contribution in [2.45, 2.75) is 55.1 Å². The number of fused-ring (bicyclic) bond motifs is 3. The van der Waals surface area contributed by atoms with Gasteiger partial charge in [-0.3, -0.25) is 4.57 Å². The van der Waals surface area contributed by atoms with Crippen molar-refractivity contribution in [1.82, 2.24) is 29.5 Å². The first-order valence-electron chi connectivity index (χ1n) is 11.5. The number of hydrogen-bond acceptors (Lipinski definition) is 9. The largest absolute Gasteiger partial charge is 0.393 e. The summed E-state index contributed by atoms with van der Waals surface area (Å²) in [4.78, 5) is 8.82. The summed E-state index contributed by atoms with van der Waals surface area (Å²) >= 11 is 0.682. The van der Waals surface area contributed by atoms with Crippen LogP contribution >= 0.6 is 11.3 Å². The lowest BCUT2D eigenvalue weighted by Crippen LogP contribution is -2.35. The predicted octanol–water partition coefficient (Wildman–Crippen LogP) is 3.63. The first-order chi connectivity index (χ1) is 17.7. The molecule has 2 aliphatic carbocycles. The van der Waals surface area contributed by atoms with Gasteiger partial charge in [-0.1, -0.05) is 23.5 Å². The second kappa shape index (κ2) is 8.59. The lowest BCUT2D eigenvalue weighted by molar-refractivity contribution is 0.150. The van der Waals surface area contributed by atoms with Crippen LogP contribution in [0.25, 0.3) is 32.6 Å². The maximum atomic E-state index is 13.3. The molecule has 3 heterocycles. The van der Waals surface area contributed by atoms with Gasteiger partial charge in [-0.15, -0.1) is 10.2 Å². The number of hydrogen-bond donors (Lipinski definition) is 2. The molecule has 1 unspecified atom stereocenters. The number of halogens is 2. The summed E-state index contributed by atoms with van der Waals surface area (Å²) in [5.41, 5.74) is 1.15. The second-order valence-corrected chi connectivity index (χ2v) is 11.8. The maximum Gasteiger partial charge on any atom is 0.291 e. The van der Waals surface area contributed by atoms with Crippen LogP contribution in [0.5, 0.6) is 0 Å². The molecule has 190 valence electrons. The smallest absolute Gasteiger partial charge is 0.291 e. The van der Waals surface area contributed by atoms with E-state index in [1.807, 2.05) is 12.1 Å². The molecule has 14 heteroatoms. The molecule has 4 aromatic rings. The molecule has 6 rings (SSSR count). The highest BCUT2D eigenvalue weighted by molar-refractivity contribution is 7.89. The lowest BCUT2D eigenvalue weighted by atomic mass is 9.93. The van der Waals surface area contributed by atoms with E-state index >= 15 is 0 Å². The zero-order chi connectivity index (χ0) is 25.9. The summed E-state index contributed by atoms with van der Waals surface area (Å²) < 4.78 is 56.9. The van der Waals surface area contributed by atoms with Crippen molar-refractivity contribution in [3.8, 4) is 11.2 Å². The summed E-state index contributed by atoms with van der Waals surface area (Å²) in [5.74, 6) is 0. The van der Waals surface area contributed by atoms with Crippen LogP contribution in [-0.4, -0.2) is 49.9 Å². The normalized spacial score (nSPS) is 19.3. The number of allylic oxidation sites excluding steroid dienone is 1. The summed E-state index contributed by atoms with van der Waals surface area (Å²) in [7, 11) is -4.05. The number of rotatable bonds is 6. The minimum Gasteiger partial charge on any atom is -0.393 e. The quantitative estimate of drug-likeness (QED) is 0.375. The van der Waals surface area contributed by atoms with Crippen LogP contribution in [0.3, 0.4) is 0 Å². The van der Waals surface area contributed by atoms with E-state index in [4.69, 9.17) is 0 Å². The molecule has 0 aliphatic heterocycles. The zero-order valence-corrected chi connectivity index (χ0v) is 20.7. The molecule has 0 amide bonds. The highest BCUT2D eigenvalue weighted by Gasteiger charge is 2.46. The Morgan fingerprint density at radius 1 is 1.27 bits per heavy atom. The minimum atomic E-state index is -4.05. The van der Waals surface area contributed by atoms with Crippen LogP contribution in [0.2, 0.25) is 0 Å². The number of aromatic nitrogens is 5. The van der Waals surface area contributed by atoms with Gasteiger partial charge in [0.15, 0.2) is 10.7 Å². The van der Waals surface area contributed by atoms with E-state index < -0.39 is 33.1 Å². The van der Waals surface area contributed by atoms with Crippen molar-refractivity contribution >= 4 is 48.9 Å². The monoisotopic (exact) mass is 543 g/mol. The van der Waals surface area contributed by atoms with Crippen molar-refractivity contribution in [3.05, 3.63) is 41.3 Å². The van der Waals surface area contributed by atoms with Gasteiger partial charge in [0.1, 0.15) is 11.9 Å². The van der Waals surface area contributed by atoms with Crippen LogP contribution in [0.15, 0.2) is 35.5 Å². The molecule has 3 aromatic heterocycles. The Hall–Kier alpha value is -3.38. The fourth-order valence-corrected chi connectivity index (χ4v) is 6.65. The fourth-order valence-electron chi connectivity index (χ4n) is 4.54. The van der Waals surface area contributed by atoms with Crippen molar-refractivity contribution in [2.75, 3.05) is 0 Å². The maximum absolute atomic E-state index is 13.3. The van der Waals surface area contributed by atoms with Gasteiger partial charge in [0.2, 0.25) is 15.2 Å². The van der Waals surface area contributed by atoms with Crippen LogP contribution in [-0.2, 0) is 10.0 Å². The Bertz CT molecular complexity index is 1740. The van der Waals surface area contributed by atoms with Gasteiger partial charge >= 0.3 is 0 Å². The molecule has 1 saturated carbocycles. The van der Waals surface area contributed by atoms with Gasteiger partial charge in [-0.05, 0) is 49.8 Å². The third-order valence-electron chi connectivity index (χ3n) is 6.62. The molecule has 10 nitrogen and oxygen atoms in total. The first kappa shape index (κ1) is 24.0. The lowest BCUT2D eigenvalue weighted by Gasteiger charge is -2.17. The van der Waals surface area contributed by atoms with Crippen LogP contribution in [0.4, 0.5) is 8.78 Å². The average Bonchev–Trinajstić information content (AvgIpc) is 3.32. The van der Waals surface area contributed by atoms with Crippen LogP contribution in [0, 0.1) is 11.3 Å². The standard InChI is InChI=1S/C23H19F2N7O3S2/c24-19(25)21-29-30-22(36-21)32-16-9-14(37(34,35)31-23(10-26)7-8-23)5-6-15(16)17-18(27-11-28-20(17)32)12-1-3-13(33)4-2-12/h1,5-6,9,11,13,19,31,33H,2-4,7-8H2. The summed E-state index contributed by atoms with van der Waals surface area (Å²) in [5, 5.41) is 27.7. The molecular formula is C23H19F2N7O3S2. The highest BCUT2D eigenvalue weighted by Crippen LogP contribution is 2.40. The van der Waals surface area contributed by atoms with Crippen molar-refractivity contribution in [3.63, 3.8) is 0 Å². The van der Waals surface area contributed by atoms with Gasteiger partial charge in [0.05, 0.1) is 33.7 Å². The third kappa shape index (κ3) is 4.08. The number of nitriles is 1. The molecule has 1 aromatic carbocycles. The summed E-state index contributed by atoms with van der Waals surface area (Å²) in [6, 6.07) is 6.48. The van der Waals surface area contributed by atoms with E-state index in [2.05, 4.69) is 24.9 Å². The number of aliphatic hydroxyl groups excluding tert-OH is 1. The number of benzene rings is 1. The topological polar surface area (TPSA) is 147 Å². The molecular weight excluding hydrogens is 524 g/mol. The minimum absolute atomic E-state index is 0.0845. The Kier molecular flexibility index (Phi) is 5.57. The summed E-state index contributed by atoms with van der Waals surface area (Å²) in [6.07, 6.45) is 2.51. The third-order valence-corrected chi connectivity index (χ3v) is 9.07. The molecule has 0 radical (unpaired) electrons. The molecule has 0 spiro atoms. The highest BCUT2D eigenvalue weighted by atomic mass is 32.2. The number of alkyl halides is 2. The zero-order valence-electron chi connectivity index (χ0n) is 19.1. The van der Waals surface area contributed by atoms with E-state index in [0.29, 0.717) is 71.1 Å². The van der Waals surface area contributed by atoms with Gasteiger partial charge in [-0.25, -0.2) is 27.2 Å². The first-order valence-corrected chi connectivity index (χ1v) is 13.8. The predicted molar refractivity (Wildman–Crippen MR) is 131 cm³/mol. The number of sulfonamides is 1. The SMILES string of the molecule is N#CC1(NS(=O)(=O)c2ccc3c4c(C5=CCC(O)CC5)ncnc4n(-c4nnc(C(F)F)s4)c3c2)CC1. The Labute approximate surface area is 213 Å². The summed E-state index contributed by atoms with van der Waals surface area (Å²) in [6.45, 7) is 0. The Morgan fingerprint density at radius 3 is 2.73 bits per heavy atom. The van der Waals surface area contributed by atoms with E-state index in [1.54, 1.807) is 6.07 Å².